The van der Waals surface area contributed by atoms with Gasteiger partial charge in [-0.3, -0.25) is 4.79 Å². The van der Waals surface area contributed by atoms with Crippen LogP contribution in [-0.4, -0.2) is 29.3 Å². The van der Waals surface area contributed by atoms with Gasteiger partial charge in [0, 0.05) is 13.2 Å². The minimum atomic E-state index is -0.132. The smallest absolute Gasteiger partial charge is 0.256 e. The summed E-state index contributed by atoms with van der Waals surface area (Å²) in [6.07, 6.45) is 2.29. The first-order valence-electron chi connectivity index (χ1n) is 6.75. The van der Waals surface area contributed by atoms with Crippen molar-refractivity contribution in [3.05, 3.63) is 17.0 Å². The maximum atomic E-state index is 12.2. The minimum absolute atomic E-state index is 0.0319. The Morgan fingerprint density at radius 1 is 1.47 bits per heavy atom. The van der Waals surface area contributed by atoms with Crippen LogP contribution in [-0.2, 0) is 6.42 Å². The molecule has 108 valence electrons. The lowest BCUT2D eigenvalue weighted by Gasteiger charge is -2.24. The number of amides is 1. The molecule has 0 saturated carbocycles. The molecule has 0 fully saturated rings. The molecule has 1 aromatic rings. The molecule has 0 aromatic carbocycles. The van der Waals surface area contributed by atoms with Crippen LogP contribution < -0.4 is 5.32 Å². The van der Waals surface area contributed by atoms with Crippen LogP contribution in [0.3, 0.4) is 0 Å². The molecule has 0 unspecified atom stereocenters. The number of rotatable bonds is 7. The molecule has 2 N–H and O–H groups in total. The van der Waals surface area contributed by atoms with Gasteiger partial charge in [-0.15, -0.1) is 0 Å². The molecule has 0 atom stereocenters. The highest BCUT2D eigenvalue weighted by Gasteiger charge is 2.22. The summed E-state index contributed by atoms with van der Waals surface area (Å²) in [6, 6.07) is 0. The predicted molar refractivity (Wildman–Crippen MR) is 73.1 cm³/mol. The van der Waals surface area contributed by atoms with Crippen molar-refractivity contribution in [2.75, 3.05) is 13.2 Å². The van der Waals surface area contributed by atoms with Gasteiger partial charge in [-0.05, 0) is 31.6 Å². The topological polar surface area (TPSA) is 75.4 Å². The maximum Gasteiger partial charge on any atom is 0.256 e. The van der Waals surface area contributed by atoms with E-state index in [1.807, 2.05) is 6.92 Å². The highest BCUT2D eigenvalue weighted by atomic mass is 16.5. The molecule has 1 aromatic heterocycles. The number of aryl methyl sites for hydroxylation is 2. The Bertz CT molecular complexity index is 424. The molecule has 0 aliphatic heterocycles. The Labute approximate surface area is 114 Å². The monoisotopic (exact) mass is 268 g/mol. The predicted octanol–water partition coefficient (Wildman–Crippen LogP) is 2.07. The van der Waals surface area contributed by atoms with Crippen molar-refractivity contribution in [2.24, 2.45) is 5.41 Å². The van der Waals surface area contributed by atoms with Gasteiger partial charge in [-0.2, -0.15) is 0 Å². The van der Waals surface area contributed by atoms with Crippen LogP contribution in [0, 0.1) is 12.3 Å². The van der Waals surface area contributed by atoms with Crippen LogP contribution in [0.25, 0.3) is 0 Å². The number of nitrogens with one attached hydrogen (secondary N) is 1. The average Bonchev–Trinajstić information content (AvgIpc) is 2.75. The lowest BCUT2D eigenvalue weighted by atomic mass is 9.88. The van der Waals surface area contributed by atoms with Gasteiger partial charge in [0.05, 0.1) is 5.69 Å². The van der Waals surface area contributed by atoms with Crippen molar-refractivity contribution in [2.45, 2.75) is 47.0 Å². The summed E-state index contributed by atoms with van der Waals surface area (Å²) in [5.41, 5.74) is 1.22. The third-order valence-electron chi connectivity index (χ3n) is 3.23. The number of aromatic nitrogens is 1. The van der Waals surface area contributed by atoms with Crippen LogP contribution in [0.5, 0.6) is 0 Å². The van der Waals surface area contributed by atoms with E-state index in [9.17, 15) is 4.79 Å². The molecule has 1 amide bonds. The minimum Gasteiger partial charge on any atom is -0.396 e. The van der Waals surface area contributed by atoms with Crippen LogP contribution >= 0.6 is 0 Å². The maximum absolute atomic E-state index is 12.2. The van der Waals surface area contributed by atoms with Gasteiger partial charge in [0.25, 0.3) is 5.91 Å². The lowest BCUT2D eigenvalue weighted by molar-refractivity contribution is 0.0930. The molecule has 0 radical (unpaired) electrons. The van der Waals surface area contributed by atoms with Crippen molar-refractivity contribution in [1.82, 2.24) is 10.5 Å². The molecule has 0 spiro atoms. The zero-order valence-corrected chi connectivity index (χ0v) is 12.2. The highest BCUT2D eigenvalue weighted by molar-refractivity contribution is 5.96. The number of hydrogen-bond acceptors (Lipinski definition) is 4. The first-order valence-corrected chi connectivity index (χ1v) is 6.75. The summed E-state index contributed by atoms with van der Waals surface area (Å²) in [5, 5.41) is 15.7. The van der Waals surface area contributed by atoms with Crippen molar-refractivity contribution in [3.8, 4) is 0 Å². The van der Waals surface area contributed by atoms with Crippen molar-refractivity contribution in [1.29, 1.82) is 0 Å². The molecule has 0 saturated heterocycles. The first-order chi connectivity index (χ1) is 8.91. The highest BCUT2D eigenvalue weighted by Crippen LogP contribution is 2.21. The molecular weight excluding hydrogens is 244 g/mol. The molecule has 0 aliphatic rings. The fraction of sp³-hybridized carbons (Fsp3) is 0.714. The second-order valence-electron chi connectivity index (χ2n) is 5.59. The number of nitrogens with zero attached hydrogens (tertiary/aromatic N) is 1. The van der Waals surface area contributed by atoms with Gasteiger partial charge in [0.15, 0.2) is 0 Å². The van der Waals surface area contributed by atoms with E-state index in [2.05, 4.69) is 24.3 Å². The molecule has 0 aliphatic carbocycles. The Hall–Kier alpha value is -1.36. The van der Waals surface area contributed by atoms with Gasteiger partial charge in [0.1, 0.15) is 11.3 Å². The first kappa shape index (κ1) is 15.7. The van der Waals surface area contributed by atoms with Crippen LogP contribution in [0.2, 0.25) is 0 Å². The van der Waals surface area contributed by atoms with Crippen molar-refractivity contribution >= 4 is 5.91 Å². The fourth-order valence-electron chi connectivity index (χ4n) is 2.00. The summed E-state index contributed by atoms with van der Waals surface area (Å²) in [6.45, 7) is 8.59. The molecular formula is C14H24N2O3. The number of carbonyl (C=O) groups is 1. The second kappa shape index (κ2) is 6.70. The normalized spacial score (nSPS) is 11.6. The molecule has 1 heterocycles. The summed E-state index contributed by atoms with van der Waals surface area (Å²) in [5.74, 6) is 0.426. The average molecular weight is 268 g/mol. The number of aliphatic hydroxyl groups excluding tert-OH is 1. The second-order valence-corrected chi connectivity index (χ2v) is 5.59. The number of hydrogen-bond donors (Lipinski definition) is 2. The van der Waals surface area contributed by atoms with Gasteiger partial charge >= 0.3 is 0 Å². The van der Waals surface area contributed by atoms with Crippen molar-refractivity contribution < 1.29 is 14.4 Å². The van der Waals surface area contributed by atoms with Crippen molar-refractivity contribution in [3.63, 3.8) is 0 Å². The van der Waals surface area contributed by atoms with E-state index in [0.29, 0.717) is 30.0 Å². The molecule has 19 heavy (non-hydrogen) atoms. The lowest BCUT2D eigenvalue weighted by Crippen LogP contribution is -2.34. The zero-order chi connectivity index (χ0) is 14.5. The van der Waals surface area contributed by atoms with E-state index < -0.39 is 0 Å². The molecule has 5 heteroatoms. The summed E-state index contributed by atoms with van der Waals surface area (Å²) in [4.78, 5) is 12.2. The summed E-state index contributed by atoms with van der Waals surface area (Å²) in [7, 11) is 0. The van der Waals surface area contributed by atoms with Crippen LogP contribution in [0.4, 0.5) is 0 Å². The van der Waals surface area contributed by atoms with Gasteiger partial charge in [-0.1, -0.05) is 25.9 Å². The van der Waals surface area contributed by atoms with E-state index in [1.165, 1.54) is 0 Å². The van der Waals surface area contributed by atoms with Gasteiger partial charge in [0.2, 0.25) is 0 Å². The Kier molecular flexibility index (Phi) is 5.54. The van der Waals surface area contributed by atoms with E-state index in [1.54, 1.807) is 6.92 Å². The Balaban J connectivity index is 2.62. The van der Waals surface area contributed by atoms with E-state index >= 15 is 0 Å². The third-order valence-corrected chi connectivity index (χ3v) is 3.23. The molecule has 0 bridgehead atoms. The molecule has 1 rings (SSSR count). The quantitative estimate of drug-likeness (QED) is 0.794. The van der Waals surface area contributed by atoms with Gasteiger partial charge < -0.3 is 14.9 Å². The van der Waals surface area contributed by atoms with Gasteiger partial charge in [-0.25, -0.2) is 0 Å². The standard InChI is InChI=1S/C14H24N2O3/c1-5-11-12(10(2)19-16-11)13(18)15-9-14(3,4)7-6-8-17/h17H,5-9H2,1-4H3,(H,15,18). The SMILES string of the molecule is CCc1noc(C)c1C(=O)NCC(C)(C)CCCO. The largest absolute Gasteiger partial charge is 0.396 e. The number of aliphatic hydroxyl groups is 1. The zero-order valence-electron chi connectivity index (χ0n) is 12.2. The van der Waals surface area contributed by atoms with Crippen LogP contribution in [0.15, 0.2) is 4.52 Å². The third kappa shape index (κ3) is 4.35. The number of carbonyl (C=O) groups excluding carboxylic acids is 1. The summed E-state index contributed by atoms with van der Waals surface area (Å²) >= 11 is 0. The van der Waals surface area contributed by atoms with E-state index in [4.69, 9.17) is 9.63 Å². The van der Waals surface area contributed by atoms with E-state index in [-0.39, 0.29) is 17.9 Å². The Morgan fingerprint density at radius 2 is 2.16 bits per heavy atom. The van der Waals surface area contributed by atoms with E-state index in [0.717, 1.165) is 12.8 Å². The molecule has 5 nitrogen and oxygen atoms in total. The Morgan fingerprint density at radius 3 is 2.74 bits per heavy atom. The fourth-order valence-corrected chi connectivity index (χ4v) is 2.00. The van der Waals surface area contributed by atoms with Crippen LogP contribution in [0.1, 0.15) is 55.4 Å². The summed E-state index contributed by atoms with van der Waals surface area (Å²) < 4.78 is 5.06.